The predicted molar refractivity (Wildman–Crippen MR) is 135 cm³/mol. The Morgan fingerprint density at radius 3 is 2.35 bits per heavy atom. The highest BCUT2D eigenvalue weighted by atomic mass is 16.6. The fourth-order valence-electron chi connectivity index (χ4n) is 3.85. The zero-order chi connectivity index (χ0) is 24.3. The number of anilines is 2. The van der Waals surface area contributed by atoms with Crippen LogP contribution in [0.2, 0.25) is 0 Å². The first-order valence-electron chi connectivity index (χ1n) is 11.3. The molecule has 7 nitrogen and oxygen atoms in total. The molecule has 0 spiro atoms. The van der Waals surface area contributed by atoms with Crippen LogP contribution >= 0.6 is 0 Å². The number of aromatic nitrogens is 1. The minimum atomic E-state index is -0.495. The molecule has 2 aromatic carbocycles. The van der Waals surface area contributed by atoms with Crippen molar-refractivity contribution in [1.29, 1.82) is 0 Å². The minimum Gasteiger partial charge on any atom is -0.497 e. The van der Waals surface area contributed by atoms with Crippen molar-refractivity contribution >= 4 is 33.9 Å². The SMILES string of the molecule is COc1cc(Nc2ccc3ncc(C4=CCN(C(=O)OC(C)(C)C)CC4)cc3c2)cc(OC)c1. The number of ether oxygens (including phenoxy) is 3. The highest BCUT2D eigenvalue weighted by Crippen LogP contribution is 2.30. The van der Waals surface area contributed by atoms with Crippen molar-refractivity contribution in [3.63, 3.8) is 0 Å². The molecule has 2 heterocycles. The first-order valence-corrected chi connectivity index (χ1v) is 11.3. The lowest BCUT2D eigenvalue weighted by Crippen LogP contribution is -2.39. The average molecular weight is 462 g/mol. The second-order valence-electron chi connectivity index (χ2n) is 9.26. The number of pyridine rings is 1. The van der Waals surface area contributed by atoms with Crippen LogP contribution in [0.5, 0.6) is 11.5 Å². The van der Waals surface area contributed by atoms with Crippen molar-refractivity contribution in [2.24, 2.45) is 0 Å². The van der Waals surface area contributed by atoms with E-state index >= 15 is 0 Å². The standard InChI is InChI=1S/C27H31N3O4/c1-27(2,3)34-26(31)30-10-8-18(9-11-30)20-12-19-13-21(6-7-25(19)28-17-20)29-22-14-23(32-4)16-24(15-22)33-5/h6-8,12-17,29H,9-11H2,1-5H3. The first-order chi connectivity index (χ1) is 16.2. The fraction of sp³-hybridized carbons (Fsp3) is 0.333. The molecule has 1 aromatic heterocycles. The van der Waals surface area contributed by atoms with Crippen molar-refractivity contribution in [1.82, 2.24) is 9.88 Å². The van der Waals surface area contributed by atoms with Crippen LogP contribution in [0.25, 0.3) is 16.5 Å². The molecule has 1 amide bonds. The van der Waals surface area contributed by atoms with Crippen molar-refractivity contribution in [3.8, 4) is 11.5 Å². The maximum atomic E-state index is 12.3. The molecule has 0 unspecified atom stereocenters. The molecule has 0 atom stereocenters. The molecule has 0 aliphatic carbocycles. The Bertz CT molecular complexity index is 1210. The third-order valence-electron chi connectivity index (χ3n) is 5.55. The number of carbonyl (C=O) groups excluding carboxylic acids is 1. The monoisotopic (exact) mass is 461 g/mol. The van der Waals surface area contributed by atoms with Crippen LogP contribution in [0.1, 0.15) is 32.8 Å². The number of benzene rings is 2. The molecule has 0 fully saturated rings. The number of amides is 1. The fourth-order valence-corrected chi connectivity index (χ4v) is 3.85. The summed E-state index contributed by atoms with van der Waals surface area (Å²) in [5.41, 5.74) is 4.49. The largest absolute Gasteiger partial charge is 0.497 e. The zero-order valence-electron chi connectivity index (χ0n) is 20.3. The van der Waals surface area contributed by atoms with E-state index in [1.807, 2.05) is 57.3 Å². The molecule has 7 heteroatoms. The highest BCUT2D eigenvalue weighted by molar-refractivity contribution is 5.86. The second-order valence-corrected chi connectivity index (χ2v) is 9.26. The number of hydrogen-bond donors (Lipinski definition) is 1. The number of rotatable bonds is 5. The summed E-state index contributed by atoms with van der Waals surface area (Å²) in [6.45, 7) is 6.79. The number of hydrogen-bond acceptors (Lipinski definition) is 6. The normalized spacial score (nSPS) is 13.9. The van der Waals surface area contributed by atoms with Gasteiger partial charge in [0.15, 0.2) is 0 Å². The molecule has 0 saturated heterocycles. The van der Waals surface area contributed by atoms with Gasteiger partial charge in [0.25, 0.3) is 0 Å². The lowest BCUT2D eigenvalue weighted by molar-refractivity contribution is 0.0270. The summed E-state index contributed by atoms with van der Waals surface area (Å²) in [6.07, 6.45) is 4.47. The molecule has 1 N–H and O–H groups in total. The maximum Gasteiger partial charge on any atom is 0.410 e. The Morgan fingerprint density at radius 1 is 1.00 bits per heavy atom. The molecular formula is C27H31N3O4. The molecule has 34 heavy (non-hydrogen) atoms. The van der Waals surface area contributed by atoms with E-state index < -0.39 is 5.60 Å². The van der Waals surface area contributed by atoms with Gasteiger partial charge < -0.3 is 24.4 Å². The Labute approximate surface area is 200 Å². The van der Waals surface area contributed by atoms with Crippen LogP contribution < -0.4 is 14.8 Å². The van der Waals surface area contributed by atoms with E-state index in [1.54, 1.807) is 19.1 Å². The van der Waals surface area contributed by atoms with E-state index in [4.69, 9.17) is 14.2 Å². The molecule has 0 bridgehead atoms. The second kappa shape index (κ2) is 9.63. The summed E-state index contributed by atoms with van der Waals surface area (Å²) in [4.78, 5) is 18.7. The Morgan fingerprint density at radius 2 is 1.74 bits per heavy atom. The van der Waals surface area contributed by atoms with Gasteiger partial charge in [-0.1, -0.05) is 6.08 Å². The third-order valence-corrected chi connectivity index (χ3v) is 5.55. The molecular weight excluding hydrogens is 430 g/mol. The van der Waals surface area contributed by atoms with Crippen molar-refractivity contribution in [2.45, 2.75) is 32.8 Å². The quantitative estimate of drug-likeness (QED) is 0.501. The topological polar surface area (TPSA) is 72.9 Å². The van der Waals surface area contributed by atoms with Crippen molar-refractivity contribution in [2.75, 3.05) is 32.6 Å². The summed E-state index contributed by atoms with van der Waals surface area (Å²) in [7, 11) is 3.27. The van der Waals surface area contributed by atoms with Gasteiger partial charge in [-0.25, -0.2) is 4.79 Å². The summed E-state index contributed by atoms with van der Waals surface area (Å²) >= 11 is 0. The number of nitrogens with zero attached hydrogens (tertiary/aromatic N) is 2. The lowest BCUT2D eigenvalue weighted by atomic mass is 9.99. The maximum absolute atomic E-state index is 12.3. The molecule has 0 radical (unpaired) electrons. The van der Waals surface area contributed by atoms with Crippen LogP contribution in [0.3, 0.4) is 0 Å². The number of methoxy groups -OCH3 is 2. The number of nitrogens with one attached hydrogen (secondary N) is 1. The zero-order valence-corrected chi connectivity index (χ0v) is 20.3. The van der Waals surface area contributed by atoms with Gasteiger partial charge >= 0.3 is 6.09 Å². The third kappa shape index (κ3) is 5.60. The van der Waals surface area contributed by atoms with E-state index in [-0.39, 0.29) is 6.09 Å². The van der Waals surface area contributed by atoms with E-state index in [0.717, 1.165) is 45.8 Å². The van der Waals surface area contributed by atoms with Crippen LogP contribution in [0.4, 0.5) is 16.2 Å². The molecule has 1 aliphatic rings. The van der Waals surface area contributed by atoms with Crippen molar-refractivity contribution < 1.29 is 19.0 Å². The van der Waals surface area contributed by atoms with Gasteiger partial charge in [-0.3, -0.25) is 4.98 Å². The van der Waals surface area contributed by atoms with Gasteiger partial charge in [-0.05, 0) is 62.6 Å². The molecule has 1 aliphatic heterocycles. The van der Waals surface area contributed by atoms with Gasteiger partial charge in [0.05, 0.1) is 19.7 Å². The van der Waals surface area contributed by atoms with E-state index in [2.05, 4.69) is 28.5 Å². The Balaban J connectivity index is 1.53. The average Bonchev–Trinajstić information content (AvgIpc) is 2.82. The van der Waals surface area contributed by atoms with Gasteiger partial charge in [-0.15, -0.1) is 0 Å². The summed E-state index contributed by atoms with van der Waals surface area (Å²) in [5, 5.41) is 4.46. The Kier molecular flexibility index (Phi) is 6.63. The van der Waals surface area contributed by atoms with Crippen LogP contribution in [0, 0.1) is 0 Å². The highest BCUT2D eigenvalue weighted by Gasteiger charge is 2.24. The molecule has 0 saturated carbocycles. The lowest BCUT2D eigenvalue weighted by Gasteiger charge is -2.29. The first kappa shape index (κ1) is 23.4. The van der Waals surface area contributed by atoms with Crippen molar-refractivity contribution in [3.05, 3.63) is 60.3 Å². The van der Waals surface area contributed by atoms with Gasteiger partial charge in [0.1, 0.15) is 17.1 Å². The number of fused-ring (bicyclic) bond motifs is 1. The molecule has 4 rings (SSSR count). The van der Waals surface area contributed by atoms with Gasteiger partial charge in [0.2, 0.25) is 0 Å². The minimum absolute atomic E-state index is 0.274. The van der Waals surface area contributed by atoms with Crippen LogP contribution in [0.15, 0.2) is 54.7 Å². The summed E-state index contributed by atoms with van der Waals surface area (Å²) in [6, 6.07) is 13.9. The van der Waals surface area contributed by atoms with Crippen LogP contribution in [-0.2, 0) is 4.74 Å². The Hall–Kier alpha value is -3.74. The molecule has 3 aromatic rings. The van der Waals surface area contributed by atoms with E-state index in [1.165, 1.54) is 5.57 Å². The summed E-state index contributed by atoms with van der Waals surface area (Å²) < 4.78 is 16.2. The molecule has 178 valence electrons. The van der Waals surface area contributed by atoms with Gasteiger partial charge in [0, 0.05) is 54.2 Å². The number of carbonyl (C=O) groups is 1. The summed E-state index contributed by atoms with van der Waals surface area (Å²) in [5.74, 6) is 1.44. The van der Waals surface area contributed by atoms with Gasteiger partial charge in [-0.2, -0.15) is 0 Å². The van der Waals surface area contributed by atoms with E-state index in [9.17, 15) is 4.79 Å². The van der Waals surface area contributed by atoms with Crippen LogP contribution in [-0.4, -0.2) is 48.9 Å². The smallest absolute Gasteiger partial charge is 0.410 e. The predicted octanol–water partition coefficient (Wildman–Crippen LogP) is 6.02. The van der Waals surface area contributed by atoms with E-state index in [0.29, 0.717) is 13.1 Å².